The summed E-state index contributed by atoms with van der Waals surface area (Å²) in [6.07, 6.45) is 3.85. The van der Waals surface area contributed by atoms with Crippen molar-refractivity contribution in [2.45, 2.75) is 184 Å². The van der Waals surface area contributed by atoms with Crippen molar-refractivity contribution in [1.82, 2.24) is 47.9 Å². The van der Waals surface area contributed by atoms with E-state index < -0.39 is 120 Å². The molecule has 84 heavy (non-hydrogen) atoms. The third kappa shape index (κ3) is 31.1. The number of nitrogens with two attached hydrogens (primary N) is 7. The molecule has 30 heteroatoms. The monoisotopic (exact) mass is 1220 g/mol. The highest BCUT2D eigenvalue weighted by Gasteiger charge is 2.36. The summed E-state index contributed by atoms with van der Waals surface area (Å²) in [5, 5.41) is 34.0. The van der Waals surface area contributed by atoms with Gasteiger partial charge in [-0.05, 0) is 96.1 Å². The van der Waals surface area contributed by atoms with Crippen molar-refractivity contribution in [2.75, 3.05) is 44.2 Å². The van der Waals surface area contributed by atoms with Crippen molar-refractivity contribution in [1.29, 1.82) is 0 Å². The molecular formula is C54H96N16O12S2. The standard InChI is InChI=1S/C54H96N16O12S2/c1-5-6-7-8-9-13-16-44(73)62-36(18-24-56)50(78)70-45(33(4)71)54(82)66-39(21-27-59)49(77)69-42(31-84-83-28-22-43(60)72)53(81)65-38(20-26-58)48(76)68-41(30-34-14-11-10-12-15-34)52(80)67-40(29-32(2)3)51(79)64-37(19-25-57)47(75)63-35(17-23-55)46(61)74/h10-12,14-15,32-33,35-42,45,71H,5-9,13,16-31,55-59H2,1-4H3,(H2,60,72)(H2,61,74)(H,62,73)(H,63,75)(H,64,79)(H,65,81)(H,66,82)(H,67,80)(H,68,76)(H,69,77)(H,70,78)/t33?,35-,36-,37-,38-,39-,40-,41+,42-,45-/m0/s1. The maximum absolute atomic E-state index is 14.4. The van der Waals surface area contributed by atoms with Gasteiger partial charge >= 0.3 is 0 Å². The fourth-order valence-corrected chi connectivity index (χ4v) is 10.5. The first-order valence-corrected chi connectivity index (χ1v) is 31.2. The van der Waals surface area contributed by atoms with Crippen LogP contribution in [0.15, 0.2) is 30.3 Å². The second kappa shape index (κ2) is 43.5. The third-order valence-corrected chi connectivity index (χ3v) is 15.4. The number of aliphatic hydroxyl groups excluding tert-OH is 1. The molecule has 0 fully saturated rings. The molecule has 476 valence electrons. The van der Waals surface area contributed by atoms with E-state index in [0.29, 0.717) is 12.0 Å². The van der Waals surface area contributed by atoms with Crippen molar-refractivity contribution in [2.24, 2.45) is 46.1 Å². The van der Waals surface area contributed by atoms with E-state index >= 15 is 0 Å². The summed E-state index contributed by atoms with van der Waals surface area (Å²) >= 11 is 0. The predicted molar refractivity (Wildman–Crippen MR) is 323 cm³/mol. The number of carbonyl (C=O) groups excluding carboxylic acids is 11. The minimum absolute atomic E-state index is 0.00262. The molecule has 28 nitrogen and oxygen atoms in total. The van der Waals surface area contributed by atoms with E-state index in [2.05, 4.69) is 54.8 Å². The van der Waals surface area contributed by atoms with Gasteiger partial charge in [0.2, 0.25) is 65.0 Å². The molecule has 0 radical (unpaired) electrons. The molecule has 1 aromatic carbocycles. The Morgan fingerprint density at radius 2 is 0.869 bits per heavy atom. The fraction of sp³-hybridized carbons (Fsp3) is 0.685. The number of rotatable bonds is 46. The van der Waals surface area contributed by atoms with E-state index in [1.54, 1.807) is 44.2 Å². The van der Waals surface area contributed by atoms with Gasteiger partial charge in [0.1, 0.15) is 54.4 Å². The lowest BCUT2D eigenvalue weighted by Gasteiger charge is -2.29. The molecule has 1 unspecified atom stereocenters. The Bertz CT molecular complexity index is 2220. The van der Waals surface area contributed by atoms with Gasteiger partial charge in [-0.1, -0.05) is 105 Å². The van der Waals surface area contributed by atoms with Crippen LogP contribution in [0, 0.1) is 5.92 Å². The zero-order valence-electron chi connectivity index (χ0n) is 49.1. The number of hydrogen-bond donors (Lipinski definition) is 17. The molecule has 24 N–H and O–H groups in total. The van der Waals surface area contributed by atoms with Gasteiger partial charge in [0.05, 0.1) is 6.10 Å². The van der Waals surface area contributed by atoms with E-state index in [4.69, 9.17) is 40.1 Å². The minimum Gasteiger partial charge on any atom is -0.391 e. The Labute approximate surface area is 500 Å². The van der Waals surface area contributed by atoms with E-state index in [-0.39, 0.29) is 114 Å². The Hall–Kier alpha value is -6.15. The lowest BCUT2D eigenvalue weighted by atomic mass is 10.00. The average Bonchev–Trinajstić information content (AvgIpc) is 3.56. The third-order valence-electron chi connectivity index (χ3n) is 12.9. The fourth-order valence-electron chi connectivity index (χ4n) is 8.34. The number of nitrogens with one attached hydrogen (secondary N) is 9. The highest BCUT2D eigenvalue weighted by atomic mass is 33.1. The van der Waals surface area contributed by atoms with Crippen LogP contribution in [-0.2, 0) is 59.2 Å². The van der Waals surface area contributed by atoms with Crippen molar-refractivity contribution in [3.63, 3.8) is 0 Å². The van der Waals surface area contributed by atoms with Crippen LogP contribution in [0.4, 0.5) is 0 Å². The first kappa shape index (κ1) is 75.9. The Balaban J connectivity index is 3.52. The SMILES string of the molecule is CCCCCCCCC(=O)N[C@@H](CCN)C(=O)N[C@H](C(=O)N[C@@H](CCN)C(=O)N[C@@H](CSSCCC(N)=O)C(=O)N[C@@H](CCN)C(=O)N[C@H](Cc1ccccc1)C(=O)N[C@@H](CC(C)C)C(=O)N[C@@H](CCN)C(=O)N[C@@H](CCN)C(N)=O)C(C)O. The van der Waals surface area contributed by atoms with Gasteiger partial charge in [-0.3, -0.25) is 52.7 Å². The van der Waals surface area contributed by atoms with Gasteiger partial charge in [-0.15, -0.1) is 0 Å². The van der Waals surface area contributed by atoms with Gasteiger partial charge in [0.25, 0.3) is 0 Å². The summed E-state index contributed by atoms with van der Waals surface area (Å²) < 4.78 is 0. The van der Waals surface area contributed by atoms with Crippen LogP contribution in [0.3, 0.4) is 0 Å². The van der Waals surface area contributed by atoms with Crippen LogP contribution in [0.2, 0.25) is 0 Å². The van der Waals surface area contributed by atoms with E-state index in [1.807, 2.05) is 0 Å². The first-order chi connectivity index (χ1) is 40.0. The molecule has 0 bridgehead atoms. The quantitative estimate of drug-likeness (QED) is 0.0220. The van der Waals surface area contributed by atoms with E-state index in [9.17, 15) is 57.8 Å². The van der Waals surface area contributed by atoms with Gasteiger partial charge in [0.15, 0.2) is 0 Å². The molecule has 0 aliphatic rings. The summed E-state index contributed by atoms with van der Waals surface area (Å²) in [6.45, 7) is 6.58. The zero-order chi connectivity index (χ0) is 63.1. The van der Waals surface area contributed by atoms with Crippen molar-refractivity contribution < 1.29 is 57.8 Å². The second-order valence-corrected chi connectivity index (χ2v) is 23.4. The largest absolute Gasteiger partial charge is 0.391 e. The number of amides is 11. The number of aliphatic hydroxyl groups is 1. The Kier molecular flexibility index (Phi) is 39.3. The summed E-state index contributed by atoms with van der Waals surface area (Å²) in [6, 6.07) is -3.59. The van der Waals surface area contributed by atoms with Crippen LogP contribution in [-0.4, -0.2) is 175 Å². The summed E-state index contributed by atoms with van der Waals surface area (Å²) in [5.41, 5.74) is 40.3. The number of benzene rings is 1. The Morgan fingerprint density at radius 3 is 1.36 bits per heavy atom. The molecule has 0 saturated heterocycles. The van der Waals surface area contributed by atoms with E-state index in [0.717, 1.165) is 53.7 Å². The highest BCUT2D eigenvalue weighted by Crippen LogP contribution is 2.23. The molecular weight excluding hydrogens is 1130 g/mol. The first-order valence-electron chi connectivity index (χ1n) is 28.7. The second-order valence-electron chi connectivity index (χ2n) is 20.7. The van der Waals surface area contributed by atoms with Crippen LogP contribution in [0.5, 0.6) is 0 Å². The molecule has 0 spiro atoms. The van der Waals surface area contributed by atoms with Crippen molar-refractivity contribution in [3.05, 3.63) is 35.9 Å². The normalized spacial score (nSPS) is 14.8. The van der Waals surface area contributed by atoms with Crippen LogP contribution < -0.4 is 88.0 Å². The summed E-state index contributed by atoms with van der Waals surface area (Å²) in [7, 11) is 2.23. The average molecular weight is 1230 g/mol. The smallest absolute Gasteiger partial charge is 0.245 e. The molecule has 0 aromatic heterocycles. The molecule has 1 aromatic rings. The van der Waals surface area contributed by atoms with Crippen LogP contribution in [0.1, 0.15) is 123 Å². The highest BCUT2D eigenvalue weighted by molar-refractivity contribution is 8.76. The predicted octanol–water partition coefficient (Wildman–Crippen LogP) is -3.74. The topological polar surface area (TPSA) is 498 Å². The lowest BCUT2D eigenvalue weighted by Crippen LogP contribution is -2.62. The van der Waals surface area contributed by atoms with E-state index in [1.165, 1.54) is 6.92 Å². The molecule has 0 saturated carbocycles. The van der Waals surface area contributed by atoms with Gasteiger partial charge in [-0.2, -0.15) is 0 Å². The molecule has 10 atom stereocenters. The number of hydrogen-bond acceptors (Lipinski definition) is 19. The maximum Gasteiger partial charge on any atom is 0.245 e. The van der Waals surface area contributed by atoms with Crippen molar-refractivity contribution >= 4 is 86.6 Å². The zero-order valence-corrected chi connectivity index (χ0v) is 50.7. The number of unbranched alkanes of at least 4 members (excludes halogenated alkanes) is 5. The van der Waals surface area contributed by atoms with Gasteiger partial charge < -0.3 is 93.1 Å². The van der Waals surface area contributed by atoms with Crippen molar-refractivity contribution in [3.8, 4) is 0 Å². The maximum atomic E-state index is 14.4. The lowest BCUT2D eigenvalue weighted by molar-refractivity contribution is -0.136. The molecule has 0 heterocycles. The van der Waals surface area contributed by atoms with Gasteiger partial charge in [0, 0.05) is 30.8 Å². The summed E-state index contributed by atoms with van der Waals surface area (Å²) in [5.74, 6) is -8.81. The van der Waals surface area contributed by atoms with Crippen LogP contribution in [0.25, 0.3) is 0 Å². The summed E-state index contributed by atoms with van der Waals surface area (Å²) in [4.78, 5) is 148. The molecule has 11 amide bonds. The number of carbonyl (C=O) groups is 11. The molecule has 1 rings (SSSR count). The van der Waals surface area contributed by atoms with Gasteiger partial charge in [-0.25, -0.2) is 0 Å². The Morgan fingerprint density at radius 1 is 0.464 bits per heavy atom. The molecule has 0 aliphatic heterocycles. The van der Waals surface area contributed by atoms with Crippen LogP contribution >= 0.6 is 21.6 Å². The minimum atomic E-state index is -1.64. The number of primary amides is 2. The molecule has 0 aliphatic carbocycles.